The number of anilines is 2. The molecule has 0 radical (unpaired) electrons. The van der Waals surface area contributed by atoms with E-state index < -0.39 is 11.7 Å². The molecule has 0 aliphatic heterocycles. The zero-order valence-electron chi connectivity index (χ0n) is 21.0. The van der Waals surface area contributed by atoms with Crippen LogP contribution in [0.5, 0.6) is 0 Å². The molecule has 0 spiro atoms. The lowest BCUT2D eigenvalue weighted by Crippen LogP contribution is -2.22. The van der Waals surface area contributed by atoms with Gasteiger partial charge in [0.25, 0.3) is 5.91 Å². The molecule has 1 aromatic carbocycles. The van der Waals surface area contributed by atoms with Gasteiger partial charge in [0.15, 0.2) is 5.82 Å². The van der Waals surface area contributed by atoms with Crippen LogP contribution in [0.2, 0.25) is 0 Å². The molecule has 0 saturated heterocycles. The quantitative estimate of drug-likeness (QED) is 0.328. The number of aromatic nitrogens is 3. The van der Waals surface area contributed by atoms with Crippen molar-refractivity contribution in [3.63, 3.8) is 0 Å². The molecule has 1 amide bonds. The summed E-state index contributed by atoms with van der Waals surface area (Å²) in [6.45, 7) is 7.02. The van der Waals surface area contributed by atoms with Gasteiger partial charge in [-0.3, -0.25) is 9.59 Å². The second kappa shape index (κ2) is 11.7. The van der Waals surface area contributed by atoms with E-state index in [9.17, 15) is 20.1 Å². The summed E-state index contributed by atoms with van der Waals surface area (Å²) in [6.07, 6.45) is 1.50. The van der Waals surface area contributed by atoms with E-state index in [0.717, 1.165) is 0 Å². The number of hydrogen-bond acceptors (Lipinski definition) is 10. The average Bonchev–Trinajstić information content (AvgIpc) is 3.27. The SMILES string of the molecule is COCC(C)Nc1nc(C)c(C#N)c(C)c1N=Nc1nn(-c2ccc(NC(=O)C(C)=O)cc2)cc1C#N. The van der Waals surface area contributed by atoms with Gasteiger partial charge in [-0.2, -0.15) is 10.5 Å². The minimum Gasteiger partial charge on any atom is -0.383 e. The number of azo groups is 1. The number of rotatable bonds is 9. The number of nitriles is 2. The van der Waals surface area contributed by atoms with E-state index in [1.807, 2.05) is 6.92 Å². The van der Waals surface area contributed by atoms with Crippen molar-refractivity contribution in [1.82, 2.24) is 14.8 Å². The number of carbonyl (C=O) groups is 2. The highest BCUT2D eigenvalue weighted by atomic mass is 16.5. The van der Waals surface area contributed by atoms with Gasteiger partial charge in [-0.1, -0.05) is 0 Å². The zero-order chi connectivity index (χ0) is 27.1. The molecule has 2 N–H and O–H groups in total. The van der Waals surface area contributed by atoms with E-state index in [0.29, 0.717) is 46.3 Å². The molecule has 37 heavy (non-hydrogen) atoms. The Morgan fingerprint density at radius 1 is 1.16 bits per heavy atom. The predicted octanol–water partition coefficient (Wildman–Crippen LogP) is 4.02. The normalized spacial score (nSPS) is 11.5. The van der Waals surface area contributed by atoms with Crippen molar-refractivity contribution in [3.05, 3.63) is 52.8 Å². The number of hydrogen-bond donors (Lipinski definition) is 2. The molecule has 188 valence electrons. The van der Waals surface area contributed by atoms with Crippen molar-refractivity contribution < 1.29 is 14.3 Å². The van der Waals surface area contributed by atoms with Crippen LogP contribution in [0.1, 0.15) is 36.2 Å². The summed E-state index contributed by atoms with van der Waals surface area (Å²) in [6, 6.07) is 10.6. The molecule has 2 heterocycles. The van der Waals surface area contributed by atoms with E-state index in [-0.39, 0.29) is 17.4 Å². The molecule has 0 bridgehead atoms. The van der Waals surface area contributed by atoms with Gasteiger partial charge in [0, 0.05) is 25.8 Å². The predicted molar refractivity (Wildman–Crippen MR) is 135 cm³/mol. The lowest BCUT2D eigenvalue weighted by atomic mass is 10.1. The Kier molecular flexibility index (Phi) is 8.40. The molecular formula is C25H25N9O3. The number of amides is 1. The van der Waals surface area contributed by atoms with Crippen molar-refractivity contribution in [3.8, 4) is 17.8 Å². The maximum absolute atomic E-state index is 11.6. The van der Waals surface area contributed by atoms with E-state index in [4.69, 9.17) is 4.74 Å². The second-order valence-electron chi connectivity index (χ2n) is 8.19. The zero-order valence-corrected chi connectivity index (χ0v) is 21.0. The van der Waals surface area contributed by atoms with Crippen LogP contribution in [0, 0.1) is 36.5 Å². The van der Waals surface area contributed by atoms with Crippen molar-refractivity contribution in [2.75, 3.05) is 24.4 Å². The molecular weight excluding hydrogens is 474 g/mol. The van der Waals surface area contributed by atoms with Crippen LogP contribution in [0.25, 0.3) is 5.69 Å². The Bertz CT molecular complexity index is 1440. The average molecular weight is 500 g/mol. The molecule has 1 unspecified atom stereocenters. The lowest BCUT2D eigenvalue weighted by Gasteiger charge is -2.17. The molecule has 2 aromatic heterocycles. The highest BCUT2D eigenvalue weighted by Gasteiger charge is 2.18. The number of Topliss-reactive ketones (excluding diaryl/α,β-unsaturated/α-hetero) is 1. The number of nitrogens with one attached hydrogen (secondary N) is 2. The van der Waals surface area contributed by atoms with Gasteiger partial charge < -0.3 is 15.4 Å². The summed E-state index contributed by atoms with van der Waals surface area (Å²) < 4.78 is 6.63. The summed E-state index contributed by atoms with van der Waals surface area (Å²) in [7, 11) is 1.59. The van der Waals surface area contributed by atoms with Crippen LogP contribution in [-0.4, -0.2) is 46.2 Å². The van der Waals surface area contributed by atoms with Crippen LogP contribution in [0.15, 0.2) is 40.7 Å². The largest absolute Gasteiger partial charge is 0.383 e. The van der Waals surface area contributed by atoms with E-state index in [2.05, 4.69) is 43.1 Å². The number of benzene rings is 1. The molecule has 0 aliphatic rings. The van der Waals surface area contributed by atoms with Crippen LogP contribution < -0.4 is 10.6 Å². The molecule has 3 aromatic rings. The fourth-order valence-electron chi connectivity index (χ4n) is 3.42. The fraction of sp³-hybridized carbons (Fsp3) is 0.280. The van der Waals surface area contributed by atoms with Gasteiger partial charge in [0.1, 0.15) is 23.4 Å². The van der Waals surface area contributed by atoms with Crippen LogP contribution in [-0.2, 0) is 14.3 Å². The maximum Gasteiger partial charge on any atom is 0.291 e. The van der Waals surface area contributed by atoms with Crippen molar-refractivity contribution in [2.45, 2.75) is 33.7 Å². The van der Waals surface area contributed by atoms with Crippen LogP contribution in [0.4, 0.5) is 23.0 Å². The van der Waals surface area contributed by atoms with Crippen LogP contribution in [0.3, 0.4) is 0 Å². The minimum absolute atomic E-state index is 0.0748. The first-order valence-electron chi connectivity index (χ1n) is 11.2. The number of ketones is 1. The standard InChI is InChI=1S/C25H25N9O3/c1-14(13-37-5)28-24-22(15(2)21(11-27)16(3)29-24)31-32-23-18(10-26)12-34(33-23)20-8-6-19(7-9-20)30-25(36)17(4)35/h6-9,12,14H,13H2,1-5H3,(H,28,29)(H,30,36). The maximum atomic E-state index is 11.6. The Balaban J connectivity index is 1.96. The molecule has 3 rings (SSSR count). The molecule has 12 heteroatoms. The first-order chi connectivity index (χ1) is 17.7. The monoisotopic (exact) mass is 499 g/mol. The molecule has 0 fully saturated rings. The third kappa shape index (κ3) is 6.20. The molecule has 0 aliphatic carbocycles. The number of ether oxygens (including phenoxy) is 1. The van der Waals surface area contributed by atoms with Gasteiger partial charge in [-0.25, -0.2) is 9.67 Å². The van der Waals surface area contributed by atoms with E-state index >= 15 is 0 Å². The lowest BCUT2D eigenvalue weighted by molar-refractivity contribution is -0.133. The van der Waals surface area contributed by atoms with Gasteiger partial charge in [0.05, 0.1) is 29.7 Å². The van der Waals surface area contributed by atoms with Gasteiger partial charge >= 0.3 is 0 Å². The fourth-order valence-corrected chi connectivity index (χ4v) is 3.42. The Hall–Kier alpha value is -4.94. The highest BCUT2D eigenvalue weighted by molar-refractivity contribution is 6.39. The third-order valence-corrected chi connectivity index (χ3v) is 5.28. The first-order valence-corrected chi connectivity index (χ1v) is 11.2. The number of nitrogens with zero attached hydrogens (tertiary/aromatic N) is 7. The smallest absolute Gasteiger partial charge is 0.291 e. The van der Waals surface area contributed by atoms with Gasteiger partial charge in [-0.15, -0.1) is 15.3 Å². The van der Waals surface area contributed by atoms with Crippen molar-refractivity contribution in [1.29, 1.82) is 10.5 Å². The van der Waals surface area contributed by atoms with E-state index in [1.165, 1.54) is 17.8 Å². The molecule has 1 atom stereocenters. The van der Waals surface area contributed by atoms with Crippen molar-refractivity contribution >= 4 is 34.7 Å². The molecule has 12 nitrogen and oxygen atoms in total. The second-order valence-corrected chi connectivity index (χ2v) is 8.19. The van der Waals surface area contributed by atoms with Gasteiger partial charge in [0.2, 0.25) is 11.6 Å². The third-order valence-electron chi connectivity index (χ3n) is 5.28. The van der Waals surface area contributed by atoms with Crippen molar-refractivity contribution in [2.24, 2.45) is 10.2 Å². The number of pyridine rings is 1. The Labute approximate surface area is 213 Å². The highest BCUT2D eigenvalue weighted by Crippen LogP contribution is 2.33. The first kappa shape index (κ1) is 26.7. The summed E-state index contributed by atoms with van der Waals surface area (Å²) in [5.41, 5.74) is 3.10. The minimum atomic E-state index is -0.716. The van der Waals surface area contributed by atoms with Crippen LogP contribution >= 0.6 is 0 Å². The summed E-state index contributed by atoms with van der Waals surface area (Å²) >= 11 is 0. The topological polar surface area (TPSA) is 170 Å². The Morgan fingerprint density at radius 2 is 1.86 bits per heavy atom. The number of carbonyl (C=O) groups excluding carboxylic acids is 2. The van der Waals surface area contributed by atoms with E-state index in [1.54, 1.807) is 45.2 Å². The summed E-state index contributed by atoms with van der Waals surface area (Å²) in [5, 5.41) is 37.8. The Morgan fingerprint density at radius 3 is 2.46 bits per heavy atom. The van der Waals surface area contributed by atoms with Gasteiger partial charge in [-0.05, 0) is 50.6 Å². The number of methoxy groups -OCH3 is 1. The summed E-state index contributed by atoms with van der Waals surface area (Å²) in [5.74, 6) is -0.807. The molecule has 0 saturated carbocycles. The summed E-state index contributed by atoms with van der Waals surface area (Å²) in [4.78, 5) is 27.2. The number of aryl methyl sites for hydroxylation is 1.